The fourth-order valence-corrected chi connectivity index (χ4v) is 6.74. The number of thiazole rings is 1. The second-order valence-corrected chi connectivity index (χ2v) is 13.4. The molecule has 2 aromatic heterocycles. The van der Waals surface area contributed by atoms with Gasteiger partial charge in [0.2, 0.25) is 5.91 Å². The van der Waals surface area contributed by atoms with E-state index in [2.05, 4.69) is 30.6 Å². The molecular weight excluding hydrogens is 618 g/mol. The largest absolute Gasteiger partial charge is 0.496 e. The molecule has 3 heterocycles. The number of rotatable bonds is 9. The topological polar surface area (TPSA) is 132 Å². The van der Waals surface area contributed by atoms with Gasteiger partial charge in [0.05, 0.1) is 31.5 Å². The number of carbonyl (C=O) groups is 3. The lowest BCUT2D eigenvalue weighted by molar-refractivity contribution is -0.149. The average molecular weight is 664 g/mol. The minimum atomic E-state index is -1.14. The summed E-state index contributed by atoms with van der Waals surface area (Å²) >= 11 is 1.53. The summed E-state index contributed by atoms with van der Waals surface area (Å²) in [5.74, 6) is 0.495. The van der Waals surface area contributed by atoms with Gasteiger partial charge in [-0.05, 0) is 57.6 Å². The molecule has 0 spiro atoms. The van der Waals surface area contributed by atoms with E-state index < -0.39 is 23.5 Å². The number of pyridine rings is 1. The van der Waals surface area contributed by atoms with Crippen LogP contribution in [0.3, 0.4) is 0 Å². The van der Waals surface area contributed by atoms with Crippen LogP contribution in [0.4, 0.5) is 4.79 Å². The van der Waals surface area contributed by atoms with Crippen LogP contribution in [-0.2, 0) is 14.3 Å². The van der Waals surface area contributed by atoms with Crippen molar-refractivity contribution in [1.29, 1.82) is 0 Å². The lowest BCUT2D eigenvalue weighted by Gasteiger charge is -2.26. The molecule has 252 valence electrons. The number of esters is 1. The molecule has 2 aliphatic rings. The zero-order chi connectivity index (χ0) is 33.7. The van der Waals surface area contributed by atoms with Gasteiger partial charge in [-0.2, -0.15) is 0 Å². The number of ether oxygens (including phenoxy) is 3. The maximum absolute atomic E-state index is 13.8. The van der Waals surface area contributed by atoms with Crippen LogP contribution in [0.2, 0.25) is 0 Å². The lowest BCUT2D eigenvalue weighted by Crippen LogP contribution is -2.56. The molecule has 3 aromatic rings. The van der Waals surface area contributed by atoms with Crippen LogP contribution in [0.1, 0.15) is 70.1 Å². The van der Waals surface area contributed by atoms with Crippen LogP contribution in [0.25, 0.3) is 21.6 Å². The molecule has 5 rings (SSSR count). The third-order valence-corrected chi connectivity index (χ3v) is 9.69. The third-order valence-electron chi connectivity index (χ3n) is 8.81. The van der Waals surface area contributed by atoms with Crippen LogP contribution in [0, 0.1) is 12.8 Å². The number of carbonyl (C=O) groups excluding carboxylic acids is 3. The number of fused-ring (bicyclic) bond motifs is 2. The highest BCUT2D eigenvalue weighted by atomic mass is 32.1. The summed E-state index contributed by atoms with van der Waals surface area (Å²) in [7, 11) is 3.34. The molecular formula is C35H45N5O6S. The van der Waals surface area contributed by atoms with Gasteiger partial charge in [0.25, 0.3) is 0 Å². The molecule has 1 fully saturated rings. The number of benzene rings is 1. The number of urea groups is 1. The highest BCUT2D eigenvalue weighted by Gasteiger charge is 2.61. The molecule has 1 aliphatic heterocycles. The Morgan fingerprint density at radius 1 is 1.19 bits per heavy atom. The van der Waals surface area contributed by atoms with Crippen molar-refractivity contribution in [3.05, 3.63) is 47.0 Å². The summed E-state index contributed by atoms with van der Waals surface area (Å²) in [6.07, 6.45) is 7.22. The highest BCUT2D eigenvalue weighted by molar-refractivity contribution is 7.13. The Balaban J connectivity index is 1.42. The first-order valence-electron chi connectivity index (χ1n) is 16.3. The summed E-state index contributed by atoms with van der Waals surface area (Å²) in [6, 6.07) is 4.34. The first-order chi connectivity index (χ1) is 22.6. The Kier molecular flexibility index (Phi) is 10.7. The number of methoxy groups -OCH3 is 1. The number of hydrogen-bond donors (Lipinski definition) is 2. The second-order valence-electron chi connectivity index (χ2n) is 12.5. The molecule has 12 heteroatoms. The van der Waals surface area contributed by atoms with E-state index in [0.29, 0.717) is 30.2 Å². The van der Waals surface area contributed by atoms with E-state index in [0.717, 1.165) is 46.4 Å². The molecule has 1 aliphatic carbocycles. The van der Waals surface area contributed by atoms with Gasteiger partial charge in [0.1, 0.15) is 33.8 Å². The number of aromatic nitrogens is 2. The second kappa shape index (κ2) is 14.7. The maximum atomic E-state index is 13.8. The van der Waals surface area contributed by atoms with Gasteiger partial charge in [-0.1, -0.05) is 26.0 Å². The van der Waals surface area contributed by atoms with Gasteiger partial charge >= 0.3 is 12.0 Å². The number of aryl methyl sites for hydroxylation is 1. The summed E-state index contributed by atoms with van der Waals surface area (Å²) in [5, 5.41) is 9.44. The fraction of sp³-hybridized carbons (Fsp3) is 0.514. The van der Waals surface area contributed by atoms with Crippen molar-refractivity contribution in [1.82, 2.24) is 25.5 Å². The van der Waals surface area contributed by atoms with Crippen molar-refractivity contribution in [3.63, 3.8) is 0 Å². The molecule has 1 saturated carbocycles. The highest BCUT2D eigenvalue weighted by Crippen LogP contribution is 2.46. The monoisotopic (exact) mass is 663 g/mol. The van der Waals surface area contributed by atoms with Crippen LogP contribution in [-0.4, -0.2) is 78.3 Å². The number of nitrogens with zero attached hydrogens (tertiary/aromatic N) is 3. The smallest absolute Gasteiger partial charge is 0.332 e. The molecule has 3 amide bonds. The quantitative estimate of drug-likeness (QED) is 0.218. The first-order valence-corrected chi connectivity index (χ1v) is 17.2. The number of nitrogens with one attached hydrogen (secondary N) is 2. The van der Waals surface area contributed by atoms with E-state index in [4.69, 9.17) is 24.2 Å². The summed E-state index contributed by atoms with van der Waals surface area (Å²) in [5.41, 5.74) is 2.13. The summed E-state index contributed by atoms with van der Waals surface area (Å²) in [6.45, 7) is 8.77. The Morgan fingerprint density at radius 2 is 2.00 bits per heavy atom. The lowest BCUT2D eigenvalue weighted by atomic mass is 10.1. The molecule has 1 aromatic carbocycles. The van der Waals surface area contributed by atoms with Gasteiger partial charge in [-0.15, -0.1) is 11.3 Å². The van der Waals surface area contributed by atoms with Crippen molar-refractivity contribution in [2.45, 2.75) is 77.3 Å². The molecule has 0 radical (unpaired) electrons. The molecule has 3 atom stereocenters. The third kappa shape index (κ3) is 7.53. The Bertz CT molecular complexity index is 1650. The minimum absolute atomic E-state index is 0.108. The van der Waals surface area contributed by atoms with Crippen molar-refractivity contribution in [3.8, 4) is 22.2 Å². The van der Waals surface area contributed by atoms with Crippen LogP contribution in [0.5, 0.6) is 11.5 Å². The SMILES string of the molecule is CCOC(=O)[C@@]12C[C@H]1/C=C\CCCCN(C)C(=O)N[C@@H](CCOc1cc(-c3nc(C(C)C)cs3)nc3c(C)c(OC)ccc13)C(=O)N2. The van der Waals surface area contributed by atoms with E-state index >= 15 is 0 Å². The van der Waals surface area contributed by atoms with E-state index in [9.17, 15) is 14.4 Å². The molecule has 0 bridgehead atoms. The minimum Gasteiger partial charge on any atom is -0.496 e. The van der Waals surface area contributed by atoms with Crippen molar-refractivity contribution >= 4 is 40.1 Å². The maximum Gasteiger partial charge on any atom is 0.332 e. The van der Waals surface area contributed by atoms with Gasteiger partial charge in [-0.3, -0.25) is 4.79 Å². The Labute approximate surface area is 280 Å². The van der Waals surface area contributed by atoms with Crippen LogP contribution < -0.4 is 20.1 Å². The number of allylic oxidation sites excluding steroid dienone is 1. The fourth-order valence-electron chi connectivity index (χ4n) is 5.80. The molecule has 11 nitrogen and oxygen atoms in total. The van der Waals surface area contributed by atoms with E-state index in [1.807, 2.05) is 36.6 Å². The summed E-state index contributed by atoms with van der Waals surface area (Å²) < 4.78 is 17.3. The number of amides is 3. The average Bonchev–Trinajstić information content (AvgIpc) is 3.50. The van der Waals surface area contributed by atoms with E-state index in [1.54, 1.807) is 26.0 Å². The predicted octanol–water partition coefficient (Wildman–Crippen LogP) is 5.76. The van der Waals surface area contributed by atoms with Crippen LogP contribution in [0.15, 0.2) is 35.7 Å². The Hall–Kier alpha value is -4.19. The zero-order valence-electron chi connectivity index (χ0n) is 28.1. The molecule has 0 saturated heterocycles. The van der Waals surface area contributed by atoms with Crippen LogP contribution >= 0.6 is 11.3 Å². The first kappa shape index (κ1) is 34.2. The molecule has 2 N–H and O–H groups in total. The summed E-state index contributed by atoms with van der Waals surface area (Å²) in [4.78, 5) is 51.3. The number of hydrogen-bond acceptors (Lipinski definition) is 9. The Morgan fingerprint density at radius 3 is 2.72 bits per heavy atom. The predicted molar refractivity (Wildman–Crippen MR) is 182 cm³/mol. The van der Waals surface area contributed by atoms with Gasteiger partial charge in [0, 0.05) is 48.3 Å². The normalized spacial score (nSPS) is 22.6. The van der Waals surface area contributed by atoms with Gasteiger partial charge in [-0.25, -0.2) is 19.6 Å². The standard InChI is InChI=1S/C35H45N5O6S/c1-7-45-33(42)35-19-23(35)12-10-8-9-11-16-40(5)34(43)38-25(31(41)39-35)15-17-46-29-18-26(32-37-27(20-47-32)21(2)3)36-30-22(4)28(44-6)14-13-24(29)30/h10,12-14,18,20-21,23,25H,7-9,11,15-17,19H2,1-6H3,(H,38,43)(H,39,41)/b12-10-/t23-,25+,35-/m1/s1. The van der Waals surface area contributed by atoms with Gasteiger partial charge < -0.3 is 29.7 Å². The van der Waals surface area contributed by atoms with E-state index in [-0.39, 0.29) is 37.5 Å². The van der Waals surface area contributed by atoms with Crippen molar-refractivity contribution < 1.29 is 28.6 Å². The molecule has 47 heavy (non-hydrogen) atoms. The van der Waals surface area contributed by atoms with Crippen molar-refractivity contribution in [2.75, 3.05) is 33.9 Å². The van der Waals surface area contributed by atoms with E-state index in [1.165, 1.54) is 11.3 Å². The zero-order valence-corrected chi connectivity index (χ0v) is 28.9. The molecule has 0 unspecified atom stereocenters. The van der Waals surface area contributed by atoms with Gasteiger partial charge in [0.15, 0.2) is 0 Å². The van der Waals surface area contributed by atoms with Crippen molar-refractivity contribution in [2.24, 2.45) is 5.92 Å².